The number of alkyl halides is 1. The zero-order valence-corrected chi connectivity index (χ0v) is 10.2. The second-order valence-corrected chi connectivity index (χ2v) is 3.95. The van der Waals surface area contributed by atoms with E-state index >= 15 is 0 Å². The molecule has 1 rings (SSSR count). The molecule has 0 aliphatic rings. The topological polar surface area (TPSA) is 38.3 Å². The highest BCUT2D eigenvalue weighted by molar-refractivity contribution is 6.30. The van der Waals surface area contributed by atoms with Gasteiger partial charge in [0.25, 0.3) is 5.91 Å². The van der Waals surface area contributed by atoms with Crippen LogP contribution in [0.2, 0.25) is 5.02 Å². The molecule has 1 aromatic carbocycles. The predicted molar refractivity (Wildman–Crippen MR) is 65.3 cm³/mol. The van der Waals surface area contributed by atoms with E-state index < -0.39 is 0 Å². The van der Waals surface area contributed by atoms with Crippen molar-refractivity contribution in [3.8, 4) is 5.75 Å². The number of hydrogen-bond donors (Lipinski definition) is 1. The third-order valence-electron chi connectivity index (χ3n) is 1.82. The summed E-state index contributed by atoms with van der Waals surface area (Å²) in [6.07, 6.45) is 0.758. The molecule has 3 nitrogen and oxygen atoms in total. The normalized spacial score (nSPS) is 9.88. The molecule has 5 heteroatoms. The second kappa shape index (κ2) is 7.36. The lowest BCUT2D eigenvalue weighted by Gasteiger charge is -2.06. The highest BCUT2D eigenvalue weighted by Gasteiger charge is 2.01. The lowest BCUT2D eigenvalue weighted by atomic mass is 10.3. The lowest BCUT2D eigenvalue weighted by Crippen LogP contribution is -2.29. The fraction of sp³-hybridized carbons (Fsp3) is 0.364. The number of rotatable bonds is 6. The van der Waals surface area contributed by atoms with Crippen molar-refractivity contribution in [2.45, 2.75) is 6.42 Å². The van der Waals surface area contributed by atoms with Gasteiger partial charge in [-0.2, -0.15) is 0 Å². The van der Waals surface area contributed by atoms with E-state index in [1.165, 1.54) is 0 Å². The molecule has 0 radical (unpaired) electrons. The standard InChI is InChI=1S/C11H13Cl2NO2/c12-6-1-7-14-11(15)8-16-10-4-2-9(13)3-5-10/h2-5H,1,6-8H2,(H,14,15). The molecule has 88 valence electrons. The molecule has 1 amide bonds. The highest BCUT2D eigenvalue weighted by Crippen LogP contribution is 2.15. The maximum absolute atomic E-state index is 11.3. The molecule has 0 saturated carbocycles. The molecule has 16 heavy (non-hydrogen) atoms. The fourth-order valence-corrected chi connectivity index (χ4v) is 1.28. The number of carbonyl (C=O) groups is 1. The first-order chi connectivity index (χ1) is 7.72. The van der Waals surface area contributed by atoms with Gasteiger partial charge in [0.2, 0.25) is 0 Å². The molecule has 0 saturated heterocycles. The summed E-state index contributed by atoms with van der Waals surface area (Å²) in [4.78, 5) is 11.3. The van der Waals surface area contributed by atoms with Crippen LogP contribution in [0, 0.1) is 0 Å². The average Bonchev–Trinajstić information content (AvgIpc) is 2.29. The monoisotopic (exact) mass is 261 g/mol. The number of benzene rings is 1. The van der Waals surface area contributed by atoms with Crippen LogP contribution in [0.4, 0.5) is 0 Å². The number of halogens is 2. The summed E-state index contributed by atoms with van der Waals surface area (Å²) in [5, 5.41) is 3.33. The average molecular weight is 262 g/mol. The largest absolute Gasteiger partial charge is 0.484 e. The fourth-order valence-electron chi connectivity index (χ4n) is 1.03. The molecule has 0 aliphatic carbocycles. The Morgan fingerprint density at radius 2 is 2.00 bits per heavy atom. The van der Waals surface area contributed by atoms with Crippen molar-refractivity contribution >= 4 is 29.1 Å². The van der Waals surface area contributed by atoms with Gasteiger partial charge in [-0.05, 0) is 30.7 Å². The minimum atomic E-state index is -0.153. The molecule has 0 spiro atoms. The Labute approximate surface area is 105 Å². The van der Waals surface area contributed by atoms with E-state index in [0.717, 1.165) is 6.42 Å². The molecule has 0 atom stereocenters. The van der Waals surface area contributed by atoms with Crippen molar-refractivity contribution in [2.24, 2.45) is 0 Å². The van der Waals surface area contributed by atoms with E-state index in [1.807, 2.05) is 0 Å². The summed E-state index contributed by atoms with van der Waals surface area (Å²) in [6.45, 7) is 0.580. The van der Waals surface area contributed by atoms with Gasteiger partial charge in [0.1, 0.15) is 5.75 Å². The minimum Gasteiger partial charge on any atom is -0.484 e. The molecular weight excluding hydrogens is 249 g/mol. The number of amides is 1. The number of carbonyl (C=O) groups excluding carboxylic acids is 1. The van der Waals surface area contributed by atoms with Crippen molar-refractivity contribution in [1.29, 1.82) is 0 Å². The number of ether oxygens (including phenoxy) is 1. The van der Waals surface area contributed by atoms with E-state index in [0.29, 0.717) is 23.2 Å². The van der Waals surface area contributed by atoms with Gasteiger partial charge in [-0.15, -0.1) is 11.6 Å². The number of nitrogens with one attached hydrogen (secondary N) is 1. The van der Waals surface area contributed by atoms with Gasteiger partial charge in [0, 0.05) is 17.4 Å². The summed E-state index contributed by atoms with van der Waals surface area (Å²) in [5.74, 6) is 1.01. The number of hydrogen-bond acceptors (Lipinski definition) is 2. The van der Waals surface area contributed by atoms with Crippen LogP contribution in [0.15, 0.2) is 24.3 Å². The summed E-state index contributed by atoms with van der Waals surface area (Å²) >= 11 is 11.2. The SMILES string of the molecule is O=C(COc1ccc(Cl)cc1)NCCCCl. The van der Waals surface area contributed by atoms with Crippen molar-refractivity contribution in [3.63, 3.8) is 0 Å². The van der Waals surface area contributed by atoms with Gasteiger partial charge in [0.15, 0.2) is 6.61 Å². The Kier molecular flexibility index (Phi) is 6.04. The van der Waals surface area contributed by atoms with Crippen LogP contribution in [-0.4, -0.2) is 24.9 Å². The minimum absolute atomic E-state index is 0.00389. The van der Waals surface area contributed by atoms with Crippen LogP contribution in [0.3, 0.4) is 0 Å². The molecule has 1 aromatic rings. The van der Waals surface area contributed by atoms with Crippen LogP contribution in [0.1, 0.15) is 6.42 Å². The van der Waals surface area contributed by atoms with Crippen molar-refractivity contribution in [3.05, 3.63) is 29.3 Å². The maximum atomic E-state index is 11.3. The Balaban J connectivity index is 2.23. The zero-order valence-electron chi connectivity index (χ0n) is 8.71. The summed E-state index contributed by atoms with van der Waals surface area (Å²) in [5.41, 5.74) is 0. The van der Waals surface area contributed by atoms with Gasteiger partial charge in [-0.3, -0.25) is 4.79 Å². The first-order valence-corrected chi connectivity index (χ1v) is 5.84. The van der Waals surface area contributed by atoms with Crippen LogP contribution in [0.25, 0.3) is 0 Å². The molecule has 0 aliphatic heterocycles. The van der Waals surface area contributed by atoms with E-state index in [1.54, 1.807) is 24.3 Å². The lowest BCUT2D eigenvalue weighted by molar-refractivity contribution is -0.123. The predicted octanol–water partition coefficient (Wildman–Crippen LogP) is 2.46. The Morgan fingerprint density at radius 3 is 2.62 bits per heavy atom. The van der Waals surface area contributed by atoms with Crippen molar-refractivity contribution in [2.75, 3.05) is 19.0 Å². The summed E-state index contributed by atoms with van der Waals surface area (Å²) in [7, 11) is 0. The van der Waals surface area contributed by atoms with Gasteiger partial charge in [-0.25, -0.2) is 0 Å². The van der Waals surface area contributed by atoms with Crippen LogP contribution < -0.4 is 10.1 Å². The maximum Gasteiger partial charge on any atom is 0.257 e. The highest BCUT2D eigenvalue weighted by atomic mass is 35.5. The summed E-state index contributed by atoms with van der Waals surface area (Å²) in [6, 6.07) is 6.85. The van der Waals surface area contributed by atoms with Gasteiger partial charge in [0.05, 0.1) is 0 Å². The third kappa shape index (κ3) is 5.24. The first kappa shape index (κ1) is 13.1. The quantitative estimate of drug-likeness (QED) is 0.631. The molecule has 0 unspecified atom stereocenters. The van der Waals surface area contributed by atoms with Crippen LogP contribution >= 0.6 is 23.2 Å². The van der Waals surface area contributed by atoms with Crippen LogP contribution in [-0.2, 0) is 4.79 Å². The Morgan fingerprint density at radius 1 is 1.31 bits per heavy atom. The molecule has 0 heterocycles. The van der Waals surface area contributed by atoms with E-state index in [9.17, 15) is 4.79 Å². The third-order valence-corrected chi connectivity index (χ3v) is 2.34. The molecule has 1 N–H and O–H groups in total. The van der Waals surface area contributed by atoms with E-state index in [-0.39, 0.29) is 12.5 Å². The van der Waals surface area contributed by atoms with Crippen LogP contribution in [0.5, 0.6) is 5.75 Å². The van der Waals surface area contributed by atoms with Gasteiger partial charge >= 0.3 is 0 Å². The molecule has 0 bridgehead atoms. The van der Waals surface area contributed by atoms with Gasteiger partial charge < -0.3 is 10.1 Å². The van der Waals surface area contributed by atoms with E-state index in [2.05, 4.69) is 5.32 Å². The van der Waals surface area contributed by atoms with Crippen molar-refractivity contribution in [1.82, 2.24) is 5.32 Å². The van der Waals surface area contributed by atoms with Gasteiger partial charge in [-0.1, -0.05) is 11.6 Å². The summed E-state index contributed by atoms with van der Waals surface area (Å²) < 4.78 is 5.25. The first-order valence-electron chi connectivity index (χ1n) is 4.93. The van der Waals surface area contributed by atoms with Crippen molar-refractivity contribution < 1.29 is 9.53 Å². The molecule has 0 fully saturated rings. The Bertz CT molecular complexity index is 327. The molecule has 0 aromatic heterocycles. The Hall–Kier alpha value is -0.930. The zero-order chi connectivity index (χ0) is 11.8. The molecular formula is C11H13Cl2NO2. The van der Waals surface area contributed by atoms with E-state index in [4.69, 9.17) is 27.9 Å². The second-order valence-electron chi connectivity index (χ2n) is 3.14. The smallest absolute Gasteiger partial charge is 0.257 e.